The summed E-state index contributed by atoms with van der Waals surface area (Å²) >= 11 is 0. The number of benzene rings is 1. The third-order valence-corrected chi connectivity index (χ3v) is 5.44. The summed E-state index contributed by atoms with van der Waals surface area (Å²) in [5.74, 6) is 3.36. The van der Waals surface area contributed by atoms with Crippen molar-refractivity contribution in [2.24, 2.45) is 11.8 Å². The lowest BCUT2D eigenvalue weighted by Gasteiger charge is -2.20. The molecule has 2 aromatic heterocycles. The van der Waals surface area contributed by atoms with Gasteiger partial charge in [-0.05, 0) is 48.9 Å². The molecule has 1 saturated heterocycles. The smallest absolute Gasteiger partial charge is 0.162 e. The van der Waals surface area contributed by atoms with Crippen molar-refractivity contribution in [2.45, 2.75) is 12.8 Å². The minimum absolute atomic E-state index is 0.753. The number of aromatic nitrogens is 3. The number of hydrogen-bond donors (Lipinski definition) is 0. The van der Waals surface area contributed by atoms with Crippen LogP contribution in [-0.4, -0.2) is 28.0 Å². The molecule has 3 heterocycles. The summed E-state index contributed by atoms with van der Waals surface area (Å²) in [6, 6.07) is 12.3. The van der Waals surface area contributed by atoms with Gasteiger partial charge < -0.3 is 4.90 Å². The molecular formula is C21H20N4. The topological polar surface area (TPSA) is 41.9 Å². The van der Waals surface area contributed by atoms with Crippen LogP contribution in [0.3, 0.4) is 0 Å². The van der Waals surface area contributed by atoms with E-state index < -0.39 is 0 Å². The molecule has 5 rings (SSSR count). The number of anilines is 1. The zero-order valence-electron chi connectivity index (χ0n) is 14.0. The van der Waals surface area contributed by atoms with Crippen molar-refractivity contribution in [1.82, 2.24) is 15.0 Å². The van der Waals surface area contributed by atoms with Gasteiger partial charge in [-0.25, -0.2) is 9.97 Å². The molecule has 0 N–H and O–H groups in total. The second-order valence-corrected chi connectivity index (χ2v) is 6.99. The fourth-order valence-electron chi connectivity index (χ4n) is 4.12. The Morgan fingerprint density at radius 2 is 1.56 bits per heavy atom. The van der Waals surface area contributed by atoms with E-state index in [0.717, 1.165) is 53.0 Å². The Labute approximate surface area is 147 Å². The summed E-state index contributed by atoms with van der Waals surface area (Å²) < 4.78 is 0. The van der Waals surface area contributed by atoms with Crippen LogP contribution in [0.4, 0.5) is 5.82 Å². The highest BCUT2D eigenvalue weighted by atomic mass is 15.2. The van der Waals surface area contributed by atoms with Gasteiger partial charge in [0.25, 0.3) is 0 Å². The van der Waals surface area contributed by atoms with Crippen LogP contribution in [0.15, 0.2) is 60.9 Å². The molecule has 2 unspecified atom stereocenters. The monoisotopic (exact) mass is 328 g/mol. The lowest BCUT2D eigenvalue weighted by molar-refractivity contribution is 0.411. The van der Waals surface area contributed by atoms with E-state index in [1.165, 1.54) is 12.8 Å². The lowest BCUT2D eigenvalue weighted by Crippen LogP contribution is -2.22. The van der Waals surface area contributed by atoms with E-state index in [9.17, 15) is 0 Å². The van der Waals surface area contributed by atoms with Gasteiger partial charge in [-0.3, -0.25) is 4.98 Å². The third-order valence-electron chi connectivity index (χ3n) is 5.44. The molecule has 3 aromatic rings. The zero-order valence-corrected chi connectivity index (χ0v) is 14.0. The molecule has 1 aromatic carbocycles. The van der Waals surface area contributed by atoms with Crippen LogP contribution in [0, 0.1) is 11.8 Å². The van der Waals surface area contributed by atoms with Gasteiger partial charge in [0.05, 0.1) is 5.52 Å². The maximum atomic E-state index is 4.98. The first kappa shape index (κ1) is 14.6. The largest absolute Gasteiger partial charge is 0.355 e. The molecule has 1 fully saturated rings. The molecule has 0 spiro atoms. The highest BCUT2D eigenvalue weighted by Gasteiger charge is 2.34. The van der Waals surface area contributed by atoms with Crippen LogP contribution in [0.1, 0.15) is 12.8 Å². The van der Waals surface area contributed by atoms with Crippen LogP contribution < -0.4 is 4.90 Å². The first-order chi connectivity index (χ1) is 12.4. The predicted molar refractivity (Wildman–Crippen MR) is 100 cm³/mol. The molecule has 0 radical (unpaired) electrons. The predicted octanol–water partition coefficient (Wildman–Crippen LogP) is 4.09. The fraction of sp³-hybridized carbons (Fsp3) is 0.286. The summed E-state index contributed by atoms with van der Waals surface area (Å²) in [6.07, 6.45) is 10.7. The van der Waals surface area contributed by atoms with E-state index in [2.05, 4.69) is 40.2 Å². The summed E-state index contributed by atoms with van der Waals surface area (Å²) in [5, 5.41) is 1.15. The van der Waals surface area contributed by atoms with Crippen molar-refractivity contribution in [1.29, 1.82) is 0 Å². The van der Waals surface area contributed by atoms with Gasteiger partial charge in [-0.15, -0.1) is 0 Å². The minimum Gasteiger partial charge on any atom is -0.355 e. The number of allylic oxidation sites excluding steroid dienone is 2. The van der Waals surface area contributed by atoms with E-state index in [1.807, 2.05) is 18.2 Å². The van der Waals surface area contributed by atoms with E-state index in [0.29, 0.717) is 0 Å². The van der Waals surface area contributed by atoms with Crippen LogP contribution >= 0.6 is 0 Å². The van der Waals surface area contributed by atoms with Crippen LogP contribution in [0.2, 0.25) is 0 Å². The minimum atomic E-state index is 0.753. The van der Waals surface area contributed by atoms with Crippen LogP contribution in [0.25, 0.3) is 22.3 Å². The maximum Gasteiger partial charge on any atom is 0.162 e. The molecule has 1 aliphatic heterocycles. The van der Waals surface area contributed by atoms with Gasteiger partial charge in [-0.1, -0.05) is 24.3 Å². The summed E-state index contributed by atoms with van der Waals surface area (Å²) in [6.45, 7) is 2.18. The zero-order chi connectivity index (χ0) is 16.6. The van der Waals surface area contributed by atoms with Crippen molar-refractivity contribution >= 4 is 16.7 Å². The summed E-state index contributed by atoms with van der Waals surface area (Å²) in [7, 11) is 0. The summed E-state index contributed by atoms with van der Waals surface area (Å²) in [5.41, 5.74) is 2.02. The van der Waals surface area contributed by atoms with E-state index in [1.54, 1.807) is 12.4 Å². The molecule has 0 amide bonds. The maximum absolute atomic E-state index is 4.98. The first-order valence-corrected chi connectivity index (χ1v) is 8.95. The fourth-order valence-corrected chi connectivity index (χ4v) is 4.12. The number of para-hydroxylation sites is 1. The molecule has 0 saturated carbocycles. The number of rotatable bonds is 2. The molecule has 4 nitrogen and oxygen atoms in total. The molecule has 2 atom stereocenters. The van der Waals surface area contributed by atoms with Gasteiger partial charge in [0.1, 0.15) is 5.82 Å². The highest BCUT2D eigenvalue weighted by Crippen LogP contribution is 2.37. The van der Waals surface area contributed by atoms with Crippen molar-refractivity contribution in [3.63, 3.8) is 0 Å². The number of nitrogens with zero attached hydrogens (tertiary/aromatic N) is 4. The second kappa shape index (κ2) is 5.96. The Morgan fingerprint density at radius 1 is 0.840 bits per heavy atom. The van der Waals surface area contributed by atoms with Crippen molar-refractivity contribution < 1.29 is 0 Å². The first-order valence-electron chi connectivity index (χ1n) is 8.95. The van der Waals surface area contributed by atoms with Crippen LogP contribution in [0.5, 0.6) is 0 Å². The molecule has 1 aliphatic carbocycles. The molecule has 0 bridgehead atoms. The Morgan fingerprint density at radius 3 is 2.32 bits per heavy atom. The number of hydrogen-bond acceptors (Lipinski definition) is 4. The van der Waals surface area contributed by atoms with Crippen molar-refractivity contribution in [2.75, 3.05) is 18.0 Å². The second-order valence-electron chi connectivity index (χ2n) is 6.99. The molecule has 2 aliphatic rings. The molecule has 124 valence electrons. The van der Waals surface area contributed by atoms with Gasteiger partial charge in [-0.2, -0.15) is 0 Å². The van der Waals surface area contributed by atoms with Gasteiger partial charge >= 0.3 is 0 Å². The average molecular weight is 328 g/mol. The Hall–Kier alpha value is -2.75. The quantitative estimate of drug-likeness (QED) is 0.664. The molecular weight excluding hydrogens is 308 g/mol. The SMILES string of the molecule is C1=CCC2CN(c3nc(-c4ccncc4)nc4ccccc34)CC2C1. The standard InChI is InChI=1S/C21H20N4/c1-2-6-17-14-25(13-16(17)5-1)21-18-7-3-4-8-19(18)23-20(24-21)15-9-11-22-12-10-15/h1-4,7-12,16-17H,5-6,13-14H2. The highest BCUT2D eigenvalue weighted by molar-refractivity contribution is 5.91. The average Bonchev–Trinajstić information content (AvgIpc) is 3.12. The lowest BCUT2D eigenvalue weighted by atomic mass is 9.86. The normalized spacial score (nSPS) is 22.3. The molecule has 25 heavy (non-hydrogen) atoms. The van der Waals surface area contributed by atoms with Crippen LogP contribution in [-0.2, 0) is 0 Å². The Kier molecular flexibility index (Phi) is 3.47. The third kappa shape index (κ3) is 2.58. The van der Waals surface area contributed by atoms with E-state index >= 15 is 0 Å². The Bertz CT molecular complexity index is 919. The van der Waals surface area contributed by atoms with E-state index in [4.69, 9.17) is 9.97 Å². The molecule has 4 heteroatoms. The number of fused-ring (bicyclic) bond motifs is 2. The summed E-state index contributed by atoms with van der Waals surface area (Å²) in [4.78, 5) is 16.3. The number of pyridine rings is 1. The van der Waals surface area contributed by atoms with Gasteiger partial charge in [0, 0.05) is 36.4 Å². The van der Waals surface area contributed by atoms with E-state index in [-0.39, 0.29) is 0 Å². The van der Waals surface area contributed by atoms with Crippen molar-refractivity contribution in [3.05, 3.63) is 60.9 Å². The van der Waals surface area contributed by atoms with Crippen molar-refractivity contribution in [3.8, 4) is 11.4 Å². The van der Waals surface area contributed by atoms with Gasteiger partial charge in [0.15, 0.2) is 5.82 Å². The Balaban J connectivity index is 1.62. The van der Waals surface area contributed by atoms with Gasteiger partial charge in [0.2, 0.25) is 0 Å².